The molecule has 128 valence electrons. The van der Waals surface area contributed by atoms with Crippen LogP contribution in [0.3, 0.4) is 0 Å². The van der Waals surface area contributed by atoms with Gasteiger partial charge in [0, 0.05) is 11.3 Å². The van der Waals surface area contributed by atoms with E-state index in [2.05, 4.69) is 4.98 Å². The lowest BCUT2D eigenvalue weighted by Crippen LogP contribution is -2.15. The van der Waals surface area contributed by atoms with E-state index in [1.165, 1.54) is 12.3 Å². The van der Waals surface area contributed by atoms with Gasteiger partial charge in [-0.3, -0.25) is 4.79 Å². The van der Waals surface area contributed by atoms with Crippen LogP contribution in [0.25, 0.3) is 0 Å². The Morgan fingerprint density at radius 2 is 1.83 bits per heavy atom. The zero-order chi connectivity index (χ0) is 17.9. The van der Waals surface area contributed by atoms with Crippen LogP contribution < -0.4 is 0 Å². The van der Waals surface area contributed by atoms with Crippen LogP contribution in [-0.4, -0.2) is 35.9 Å². The molecule has 0 bridgehead atoms. The summed E-state index contributed by atoms with van der Waals surface area (Å²) in [6.45, 7) is 6.46. The molecule has 0 aromatic carbocycles. The summed E-state index contributed by atoms with van der Waals surface area (Å²) >= 11 is 0. The minimum Gasteiger partial charge on any atom is -0.469 e. The second-order valence-corrected chi connectivity index (χ2v) is 5.24. The van der Waals surface area contributed by atoms with Gasteiger partial charge >= 0.3 is 11.9 Å². The molecular formula is C17H19NO6. The highest BCUT2D eigenvalue weighted by Crippen LogP contribution is 2.20. The number of furan rings is 1. The van der Waals surface area contributed by atoms with Crippen molar-refractivity contribution in [3.05, 3.63) is 46.2 Å². The van der Waals surface area contributed by atoms with Gasteiger partial charge in [-0.25, -0.2) is 9.59 Å². The predicted molar refractivity (Wildman–Crippen MR) is 84.3 cm³/mol. The van der Waals surface area contributed by atoms with Gasteiger partial charge in [-0.2, -0.15) is 0 Å². The summed E-state index contributed by atoms with van der Waals surface area (Å²) in [7, 11) is 0. The third-order valence-electron chi connectivity index (χ3n) is 3.61. The predicted octanol–water partition coefficient (Wildman–Crippen LogP) is 2.75. The molecule has 0 saturated heterocycles. The molecule has 0 radical (unpaired) electrons. The Hall–Kier alpha value is -2.83. The zero-order valence-corrected chi connectivity index (χ0v) is 14.0. The maximum Gasteiger partial charge on any atom is 0.355 e. The van der Waals surface area contributed by atoms with E-state index in [0.29, 0.717) is 22.6 Å². The molecule has 2 aromatic rings. The molecule has 0 aliphatic carbocycles. The second-order valence-electron chi connectivity index (χ2n) is 5.24. The number of esters is 2. The Kier molecular flexibility index (Phi) is 5.23. The van der Waals surface area contributed by atoms with Crippen molar-refractivity contribution in [1.82, 2.24) is 4.98 Å². The van der Waals surface area contributed by atoms with Crippen LogP contribution in [0, 0.1) is 20.8 Å². The fraction of sp³-hybridized carbons (Fsp3) is 0.353. The summed E-state index contributed by atoms with van der Waals surface area (Å²) in [5, 5.41) is 0. The Labute approximate surface area is 138 Å². The van der Waals surface area contributed by atoms with Crippen molar-refractivity contribution in [2.24, 2.45) is 0 Å². The number of rotatable bonds is 6. The van der Waals surface area contributed by atoms with Gasteiger partial charge in [-0.15, -0.1) is 0 Å². The van der Waals surface area contributed by atoms with Gasteiger partial charge in [0.15, 0.2) is 6.61 Å². The molecule has 0 amide bonds. The van der Waals surface area contributed by atoms with Gasteiger partial charge in [0.25, 0.3) is 0 Å². The molecule has 0 unspecified atom stereocenters. The number of hydrogen-bond acceptors (Lipinski definition) is 6. The number of carbonyl (C=O) groups excluding carboxylic acids is 3. The first kappa shape index (κ1) is 17.5. The number of aromatic amines is 1. The van der Waals surface area contributed by atoms with E-state index in [9.17, 15) is 14.4 Å². The summed E-state index contributed by atoms with van der Waals surface area (Å²) in [5.41, 5.74) is 1.84. The molecule has 0 aliphatic heterocycles. The largest absolute Gasteiger partial charge is 0.469 e. The molecule has 0 atom stereocenters. The van der Waals surface area contributed by atoms with E-state index in [-0.39, 0.29) is 17.9 Å². The van der Waals surface area contributed by atoms with Crippen molar-refractivity contribution in [2.45, 2.75) is 27.7 Å². The van der Waals surface area contributed by atoms with Crippen LogP contribution in [-0.2, 0) is 9.47 Å². The number of aromatic nitrogens is 1. The number of Topliss-reactive ketones (excluding diaryl/α,β-unsaturated/α-hetero) is 1. The highest BCUT2D eigenvalue weighted by molar-refractivity contribution is 6.04. The Morgan fingerprint density at radius 3 is 2.42 bits per heavy atom. The van der Waals surface area contributed by atoms with Gasteiger partial charge in [-0.1, -0.05) is 0 Å². The lowest BCUT2D eigenvalue weighted by Gasteiger charge is -2.05. The van der Waals surface area contributed by atoms with E-state index in [1.54, 1.807) is 27.7 Å². The molecule has 0 spiro atoms. The molecular weight excluding hydrogens is 314 g/mol. The number of ether oxygens (including phenoxy) is 2. The molecule has 2 heterocycles. The van der Waals surface area contributed by atoms with Crippen molar-refractivity contribution in [3.8, 4) is 0 Å². The number of nitrogens with one attached hydrogen (secondary N) is 1. The first-order valence-electron chi connectivity index (χ1n) is 7.47. The first-order chi connectivity index (χ1) is 11.4. The third-order valence-corrected chi connectivity index (χ3v) is 3.61. The van der Waals surface area contributed by atoms with E-state index in [0.717, 1.165) is 0 Å². The van der Waals surface area contributed by atoms with Crippen molar-refractivity contribution >= 4 is 17.7 Å². The smallest absolute Gasteiger partial charge is 0.355 e. The van der Waals surface area contributed by atoms with E-state index < -0.39 is 24.3 Å². The van der Waals surface area contributed by atoms with Crippen LogP contribution in [0.2, 0.25) is 0 Å². The molecule has 2 aromatic heterocycles. The van der Waals surface area contributed by atoms with E-state index in [1.807, 2.05) is 0 Å². The van der Waals surface area contributed by atoms with Gasteiger partial charge in [0.05, 0.1) is 12.9 Å². The van der Waals surface area contributed by atoms with Crippen LogP contribution in [0.1, 0.15) is 55.1 Å². The van der Waals surface area contributed by atoms with Crippen LogP contribution in [0.4, 0.5) is 0 Å². The molecule has 0 saturated carbocycles. The summed E-state index contributed by atoms with van der Waals surface area (Å²) in [5.74, 6) is -1.13. The Morgan fingerprint density at radius 1 is 1.12 bits per heavy atom. The topological polar surface area (TPSA) is 98.6 Å². The minimum atomic E-state index is -0.633. The molecule has 24 heavy (non-hydrogen) atoms. The quantitative estimate of drug-likeness (QED) is 0.644. The maximum atomic E-state index is 12.4. The number of ketones is 1. The fourth-order valence-electron chi connectivity index (χ4n) is 2.45. The van der Waals surface area contributed by atoms with Crippen LogP contribution in [0.5, 0.6) is 0 Å². The molecule has 2 rings (SSSR count). The Bertz CT molecular complexity index is 783. The molecule has 7 heteroatoms. The molecule has 1 N–H and O–H groups in total. The monoisotopic (exact) mass is 333 g/mol. The van der Waals surface area contributed by atoms with E-state index in [4.69, 9.17) is 13.9 Å². The maximum absolute atomic E-state index is 12.4. The lowest BCUT2D eigenvalue weighted by atomic mass is 10.1. The normalized spacial score (nSPS) is 10.5. The standard InChI is InChI=1S/C17H19NO6/c1-5-22-17(21)15-9(2)14(10(3)18-15)13(19)8-24-16(20)12-6-7-23-11(12)4/h6-7,18H,5,8H2,1-4H3. The summed E-state index contributed by atoms with van der Waals surface area (Å²) in [4.78, 5) is 39.0. The highest BCUT2D eigenvalue weighted by atomic mass is 16.5. The molecule has 0 fully saturated rings. The van der Waals surface area contributed by atoms with Crippen molar-refractivity contribution in [1.29, 1.82) is 0 Å². The average Bonchev–Trinajstić information content (AvgIpc) is 3.08. The number of H-pyrrole nitrogens is 1. The zero-order valence-electron chi connectivity index (χ0n) is 14.0. The van der Waals surface area contributed by atoms with Crippen LogP contribution in [0.15, 0.2) is 16.7 Å². The van der Waals surface area contributed by atoms with Gasteiger partial charge in [0.2, 0.25) is 5.78 Å². The second kappa shape index (κ2) is 7.16. The van der Waals surface area contributed by atoms with Gasteiger partial charge in [0.1, 0.15) is 17.0 Å². The van der Waals surface area contributed by atoms with Crippen molar-refractivity contribution in [3.63, 3.8) is 0 Å². The SMILES string of the molecule is CCOC(=O)c1[nH]c(C)c(C(=O)COC(=O)c2ccoc2C)c1C. The summed E-state index contributed by atoms with van der Waals surface area (Å²) in [6, 6.07) is 1.48. The number of carbonyl (C=O) groups is 3. The fourth-order valence-corrected chi connectivity index (χ4v) is 2.45. The Balaban J connectivity index is 2.11. The lowest BCUT2D eigenvalue weighted by molar-refractivity contribution is 0.0471. The number of hydrogen-bond donors (Lipinski definition) is 1. The van der Waals surface area contributed by atoms with Gasteiger partial charge in [-0.05, 0) is 39.3 Å². The minimum absolute atomic E-state index is 0.231. The first-order valence-corrected chi connectivity index (χ1v) is 7.47. The highest BCUT2D eigenvalue weighted by Gasteiger charge is 2.24. The van der Waals surface area contributed by atoms with E-state index >= 15 is 0 Å². The number of aryl methyl sites for hydroxylation is 2. The summed E-state index contributed by atoms with van der Waals surface area (Å²) < 4.78 is 15.0. The van der Waals surface area contributed by atoms with Gasteiger partial charge < -0.3 is 18.9 Å². The molecule has 0 aliphatic rings. The molecule has 7 nitrogen and oxygen atoms in total. The third kappa shape index (κ3) is 3.40. The van der Waals surface area contributed by atoms with Crippen molar-refractivity contribution in [2.75, 3.05) is 13.2 Å². The average molecular weight is 333 g/mol. The van der Waals surface area contributed by atoms with Crippen molar-refractivity contribution < 1.29 is 28.3 Å². The summed E-state index contributed by atoms with van der Waals surface area (Å²) in [6.07, 6.45) is 1.37. The van der Waals surface area contributed by atoms with Crippen LogP contribution >= 0.6 is 0 Å².